The van der Waals surface area contributed by atoms with Gasteiger partial charge in [0.25, 0.3) is 0 Å². The fourth-order valence-corrected chi connectivity index (χ4v) is 1.76. The third kappa shape index (κ3) is 3.24. The molecule has 0 fully saturated rings. The van der Waals surface area contributed by atoms with E-state index in [-0.39, 0.29) is 0 Å². The van der Waals surface area contributed by atoms with Crippen molar-refractivity contribution in [3.05, 3.63) is 41.2 Å². The minimum Gasteiger partial charge on any atom is -0.313 e. The Morgan fingerprint density at radius 3 is 3.00 bits per heavy atom. The molecule has 0 radical (unpaired) electrons. The molecule has 0 aliphatic heterocycles. The Morgan fingerprint density at radius 1 is 1.64 bits per heavy atom. The lowest BCUT2D eigenvalue weighted by Crippen LogP contribution is -2.16. The summed E-state index contributed by atoms with van der Waals surface area (Å²) in [6.07, 6.45) is 7.70. The Labute approximate surface area is 93.6 Å². The van der Waals surface area contributed by atoms with E-state index in [0.29, 0.717) is 6.04 Å². The van der Waals surface area contributed by atoms with Crippen LogP contribution in [0, 0.1) is 0 Å². The molecule has 0 saturated carbocycles. The van der Waals surface area contributed by atoms with Gasteiger partial charge >= 0.3 is 0 Å². The quantitative estimate of drug-likeness (QED) is 0.818. The molecule has 3 heteroatoms. The van der Waals surface area contributed by atoms with Crippen molar-refractivity contribution in [1.82, 2.24) is 10.3 Å². The number of aromatic nitrogens is 1. The third-order valence-electron chi connectivity index (χ3n) is 2.14. The molecule has 1 aromatic heterocycles. The normalized spacial score (nSPS) is 12.4. The van der Waals surface area contributed by atoms with Gasteiger partial charge in [0.1, 0.15) is 0 Å². The average Bonchev–Trinajstić information content (AvgIpc) is 2.19. The molecule has 76 valence electrons. The first-order chi connectivity index (χ1) is 6.77. The van der Waals surface area contributed by atoms with Gasteiger partial charge in [-0.15, -0.1) is 6.58 Å². The molecule has 1 heterocycles. The van der Waals surface area contributed by atoms with E-state index in [0.717, 1.165) is 17.3 Å². The van der Waals surface area contributed by atoms with E-state index in [4.69, 9.17) is 0 Å². The van der Waals surface area contributed by atoms with Gasteiger partial charge in [-0.05, 0) is 47.4 Å². The molecule has 1 unspecified atom stereocenters. The summed E-state index contributed by atoms with van der Waals surface area (Å²) in [7, 11) is 1.97. The van der Waals surface area contributed by atoms with Gasteiger partial charge in [0.15, 0.2) is 0 Å². The molecule has 1 atom stereocenters. The number of rotatable bonds is 5. The molecule has 0 aliphatic carbocycles. The predicted molar refractivity (Wildman–Crippen MR) is 63.2 cm³/mol. The summed E-state index contributed by atoms with van der Waals surface area (Å²) in [6, 6.07) is 2.45. The van der Waals surface area contributed by atoms with Crippen molar-refractivity contribution in [2.45, 2.75) is 18.9 Å². The minimum atomic E-state index is 0.359. The van der Waals surface area contributed by atoms with E-state index in [1.165, 1.54) is 5.56 Å². The Kier molecular flexibility index (Phi) is 4.84. The van der Waals surface area contributed by atoms with Crippen molar-refractivity contribution < 1.29 is 0 Å². The predicted octanol–water partition coefficient (Wildman–Crippen LogP) is 3.07. The topological polar surface area (TPSA) is 24.9 Å². The second-order valence-electron chi connectivity index (χ2n) is 3.14. The molecule has 1 aromatic rings. The van der Waals surface area contributed by atoms with Crippen molar-refractivity contribution in [2.24, 2.45) is 0 Å². The smallest absolute Gasteiger partial charge is 0.0410 e. The number of nitrogens with one attached hydrogen (secondary N) is 1. The Hall–Kier alpha value is -0.670. The monoisotopic (exact) mass is 254 g/mol. The van der Waals surface area contributed by atoms with Gasteiger partial charge in [0, 0.05) is 22.9 Å². The Bertz CT molecular complexity index is 299. The van der Waals surface area contributed by atoms with Crippen LogP contribution in [-0.2, 0) is 0 Å². The van der Waals surface area contributed by atoms with Crippen molar-refractivity contribution >= 4 is 15.9 Å². The van der Waals surface area contributed by atoms with Crippen LogP contribution in [0.5, 0.6) is 0 Å². The van der Waals surface area contributed by atoms with Crippen molar-refractivity contribution in [3.63, 3.8) is 0 Å². The van der Waals surface area contributed by atoms with Crippen LogP contribution in [0.3, 0.4) is 0 Å². The average molecular weight is 255 g/mol. The van der Waals surface area contributed by atoms with E-state index in [1.54, 1.807) is 6.20 Å². The summed E-state index contributed by atoms with van der Waals surface area (Å²) in [5.74, 6) is 0. The first kappa shape index (κ1) is 11.4. The summed E-state index contributed by atoms with van der Waals surface area (Å²) in [5, 5.41) is 3.27. The highest BCUT2D eigenvalue weighted by Crippen LogP contribution is 2.20. The van der Waals surface area contributed by atoms with E-state index >= 15 is 0 Å². The fraction of sp³-hybridized carbons (Fsp3) is 0.364. The maximum Gasteiger partial charge on any atom is 0.0410 e. The number of pyridine rings is 1. The largest absolute Gasteiger partial charge is 0.313 e. The fourth-order valence-electron chi connectivity index (χ4n) is 1.38. The molecule has 0 amide bonds. The first-order valence-corrected chi connectivity index (χ1v) is 5.46. The number of hydrogen-bond acceptors (Lipinski definition) is 2. The number of nitrogens with zero attached hydrogens (tertiary/aromatic N) is 1. The van der Waals surface area contributed by atoms with Crippen molar-refractivity contribution in [1.29, 1.82) is 0 Å². The van der Waals surface area contributed by atoms with Crippen LogP contribution >= 0.6 is 15.9 Å². The number of hydrogen-bond donors (Lipinski definition) is 1. The third-order valence-corrected chi connectivity index (χ3v) is 2.57. The zero-order valence-corrected chi connectivity index (χ0v) is 9.92. The molecule has 2 nitrogen and oxygen atoms in total. The standard InChI is InChI=1S/C11H15BrN2/c1-3-4-5-11(13-2)9-6-10(12)8-14-7-9/h3,6-8,11,13H,1,4-5H2,2H3. The molecule has 0 saturated heterocycles. The summed E-state index contributed by atoms with van der Waals surface area (Å²) >= 11 is 3.42. The van der Waals surface area contributed by atoms with E-state index < -0.39 is 0 Å². The zero-order chi connectivity index (χ0) is 10.4. The Balaban J connectivity index is 2.72. The lowest BCUT2D eigenvalue weighted by atomic mass is 10.0. The molecule has 14 heavy (non-hydrogen) atoms. The summed E-state index contributed by atoms with van der Waals surface area (Å²) in [4.78, 5) is 4.15. The second kappa shape index (κ2) is 5.94. The van der Waals surface area contributed by atoms with Crippen LogP contribution in [0.1, 0.15) is 24.4 Å². The molecular formula is C11H15BrN2. The highest BCUT2D eigenvalue weighted by atomic mass is 79.9. The second-order valence-corrected chi connectivity index (χ2v) is 4.06. The van der Waals surface area contributed by atoms with Gasteiger partial charge in [-0.3, -0.25) is 4.98 Å². The van der Waals surface area contributed by atoms with Gasteiger partial charge in [0.2, 0.25) is 0 Å². The maximum atomic E-state index is 4.15. The molecular weight excluding hydrogens is 240 g/mol. The SMILES string of the molecule is C=CCCC(NC)c1cncc(Br)c1. The van der Waals surface area contributed by atoms with E-state index in [9.17, 15) is 0 Å². The summed E-state index contributed by atoms with van der Waals surface area (Å²) in [5.41, 5.74) is 1.21. The zero-order valence-electron chi connectivity index (χ0n) is 8.33. The molecule has 0 bridgehead atoms. The molecule has 0 aliphatic rings. The lowest BCUT2D eigenvalue weighted by Gasteiger charge is -2.15. The number of halogens is 1. The Morgan fingerprint density at radius 2 is 2.43 bits per heavy atom. The molecule has 1 rings (SSSR count). The molecule has 0 spiro atoms. The van der Waals surface area contributed by atoms with Gasteiger partial charge in [0.05, 0.1) is 0 Å². The minimum absolute atomic E-state index is 0.359. The lowest BCUT2D eigenvalue weighted by molar-refractivity contribution is 0.553. The summed E-state index contributed by atoms with van der Waals surface area (Å²) in [6.45, 7) is 3.73. The van der Waals surface area contributed by atoms with Crippen LogP contribution in [0.15, 0.2) is 35.6 Å². The molecule has 1 N–H and O–H groups in total. The van der Waals surface area contributed by atoms with Crippen LogP contribution in [-0.4, -0.2) is 12.0 Å². The first-order valence-electron chi connectivity index (χ1n) is 4.66. The van der Waals surface area contributed by atoms with E-state index in [1.807, 2.05) is 19.3 Å². The van der Waals surface area contributed by atoms with Gasteiger partial charge in [-0.2, -0.15) is 0 Å². The van der Waals surface area contributed by atoms with Gasteiger partial charge in [-0.1, -0.05) is 6.08 Å². The van der Waals surface area contributed by atoms with Gasteiger partial charge in [-0.25, -0.2) is 0 Å². The van der Waals surface area contributed by atoms with Gasteiger partial charge < -0.3 is 5.32 Å². The number of allylic oxidation sites excluding steroid dienone is 1. The van der Waals surface area contributed by atoms with Crippen molar-refractivity contribution in [2.75, 3.05) is 7.05 Å². The van der Waals surface area contributed by atoms with E-state index in [2.05, 4.69) is 38.9 Å². The van der Waals surface area contributed by atoms with Crippen LogP contribution in [0.2, 0.25) is 0 Å². The highest BCUT2D eigenvalue weighted by molar-refractivity contribution is 9.10. The summed E-state index contributed by atoms with van der Waals surface area (Å²) < 4.78 is 1.02. The van der Waals surface area contributed by atoms with Crippen LogP contribution in [0.25, 0.3) is 0 Å². The highest BCUT2D eigenvalue weighted by Gasteiger charge is 2.08. The van der Waals surface area contributed by atoms with Crippen LogP contribution < -0.4 is 5.32 Å². The van der Waals surface area contributed by atoms with Crippen molar-refractivity contribution in [3.8, 4) is 0 Å². The maximum absolute atomic E-state index is 4.15. The van der Waals surface area contributed by atoms with Crippen LogP contribution in [0.4, 0.5) is 0 Å². The molecule has 0 aromatic carbocycles.